The van der Waals surface area contributed by atoms with Crippen molar-refractivity contribution in [3.05, 3.63) is 24.3 Å². The van der Waals surface area contributed by atoms with E-state index in [1.54, 1.807) is 6.33 Å². The van der Waals surface area contributed by atoms with Crippen LogP contribution in [-0.4, -0.2) is 41.8 Å². The molecule has 1 aliphatic rings. The molecule has 3 rings (SSSR count). The van der Waals surface area contributed by atoms with Gasteiger partial charge in [0.15, 0.2) is 0 Å². The number of thioether (sulfide) groups is 1. The SMILES string of the molecule is CC1CC(c2cnc(N)nc2)C[C@H](COc2nncn2C(C)C)S1. The quantitative estimate of drug-likeness (QED) is 0.888. The molecule has 2 aromatic rings. The van der Waals surface area contributed by atoms with E-state index in [4.69, 9.17) is 10.5 Å². The summed E-state index contributed by atoms with van der Waals surface area (Å²) in [5.74, 6) is 0.767. The van der Waals surface area contributed by atoms with E-state index in [2.05, 4.69) is 40.9 Å². The van der Waals surface area contributed by atoms with Crippen LogP contribution in [0.5, 0.6) is 6.01 Å². The minimum Gasteiger partial charge on any atom is -0.462 e. The Kier molecular flexibility index (Phi) is 5.23. The Hall–Kier alpha value is -1.83. The Morgan fingerprint density at radius 1 is 1.33 bits per heavy atom. The van der Waals surface area contributed by atoms with Gasteiger partial charge in [0, 0.05) is 28.9 Å². The maximum Gasteiger partial charge on any atom is 0.317 e. The molecule has 3 atom stereocenters. The van der Waals surface area contributed by atoms with Gasteiger partial charge in [-0.3, -0.25) is 4.57 Å². The fourth-order valence-electron chi connectivity index (χ4n) is 3.05. The zero-order valence-electron chi connectivity index (χ0n) is 14.3. The van der Waals surface area contributed by atoms with Crippen LogP contribution in [0.2, 0.25) is 0 Å². The van der Waals surface area contributed by atoms with Crippen LogP contribution < -0.4 is 10.5 Å². The van der Waals surface area contributed by atoms with Crippen LogP contribution in [0, 0.1) is 0 Å². The minimum absolute atomic E-state index is 0.285. The van der Waals surface area contributed by atoms with E-state index in [9.17, 15) is 0 Å². The first-order chi connectivity index (χ1) is 11.5. The number of anilines is 1. The first-order valence-corrected chi connectivity index (χ1v) is 9.22. The third kappa shape index (κ3) is 3.98. The number of hydrogen-bond acceptors (Lipinski definition) is 7. The lowest BCUT2D eigenvalue weighted by Crippen LogP contribution is -2.27. The molecule has 24 heavy (non-hydrogen) atoms. The number of nitrogens with zero attached hydrogens (tertiary/aromatic N) is 5. The average Bonchev–Trinajstić information content (AvgIpc) is 3.02. The Balaban J connectivity index is 1.63. The van der Waals surface area contributed by atoms with Crippen LogP contribution in [0.1, 0.15) is 51.1 Å². The molecule has 1 aliphatic heterocycles. The topological polar surface area (TPSA) is 91.7 Å². The third-order valence-corrected chi connectivity index (χ3v) is 5.62. The number of hydrogen-bond donors (Lipinski definition) is 1. The molecule has 0 aromatic carbocycles. The molecule has 1 saturated heterocycles. The molecule has 2 N–H and O–H groups in total. The van der Waals surface area contributed by atoms with Crippen LogP contribution in [0.3, 0.4) is 0 Å². The van der Waals surface area contributed by atoms with Crippen molar-refractivity contribution in [2.24, 2.45) is 0 Å². The maximum absolute atomic E-state index is 5.95. The molecule has 8 heteroatoms. The molecule has 0 spiro atoms. The summed E-state index contributed by atoms with van der Waals surface area (Å²) in [5.41, 5.74) is 6.75. The molecule has 0 saturated carbocycles. The molecule has 130 valence electrons. The Bertz CT molecular complexity index is 659. The monoisotopic (exact) mass is 348 g/mol. The highest BCUT2D eigenvalue weighted by Crippen LogP contribution is 2.40. The van der Waals surface area contributed by atoms with Gasteiger partial charge in [-0.2, -0.15) is 11.8 Å². The van der Waals surface area contributed by atoms with Crippen molar-refractivity contribution < 1.29 is 4.74 Å². The molecule has 2 unspecified atom stereocenters. The van der Waals surface area contributed by atoms with Crippen molar-refractivity contribution in [2.45, 2.75) is 56.1 Å². The van der Waals surface area contributed by atoms with Gasteiger partial charge in [-0.1, -0.05) is 12.0 Å². The second kappa shape index (κ2) is 7.38. The Morgan fingerprint density at radius 2 is 2.08 bits per heavy atom. The fourth-order valence-corrected chi connectivity index (χ4v) is 4.54. The van der Waals surface area contributed by atoms with E-state index < -0.39 is 0 Å². The fraction of sp³-hybridized carbons (Fsp3) is 0.625. The predicted molar refractivity (Wildman–Crippen MR) is 95.2 cm³/mol. The van der Waals surface area contributed by atoms with E-state index in [0.29, 0.717) is 35.0 Å². The number of rotatable bonds is 5. The smallest absolute Gasteiger partial charge is 0.317 e. The van der Waals surface area contributed by atoms with Crippen LogP contribution in [0.25, 0.3) is 0 Å². The highest BCUT2D eigenvalue weighted by Gasteiger charge is 2.29. The largest absolute Gasteiger partial charge is 0.462 e. The van der Waals surface area contributed by atoms with Crippen molar-refractivity contribution in [1.82, 2.24) is 24.7 Å². The molecule has 3 heterocycles. The zero-order chi connectivity index (χ0) is 17.1. The third-order valence-electron chi connectivity index (χ3n) is 4.25. The molecule has 1 fully saturated rings. The highest BCUT2D eigenvalue weighted by atomic mass is 32.2. The van der Waals surface area contributed by atoms with Crippen LogP contribution in [0.4, 0.5) is 5.95 Å². The lowest BCUT2D eigenvalue weighted by atomic mass is 9.91. The van der Waals surface area contributed by atoms with Crippen LogP contribution in [0.15, 0.2) is 18.7 Å². The number of aromatic nitrogens is 5. The van der Waals surface area contributed by atoms with Gasteiger partial charge >= 0.3 is 6.01 Å². The molecule has 0 aliphatic carbocycles. The molecular formula is C16H24N6OS. The summed E-state index contributed by atoms with van der Waals surface area (Å²) in [4.78, 5) is 8.26. The van der Waals surface area contributed by atoms with E-state index in [1.807, 2.05) is 28.7 Å². The number of nitrogen functional groups attached to an aromatic ring is 1. The van der Waals surface area contributed by atoms with Gasteiger partial charge in [0.1, 0.15) is 12.9 Å². The molecule has 0 bridgehead atoms. The first kappa shape index (κ1) is 17.0. The van der Waals surface area contributed by atoms with Gasteiger partial charge < -0.3 is 10.5 Å². The van der Waals surface area contributed by atoms with Crippen molar-refractivity contribution in [3.8, 4) is 6.01 Å². The van der Waals surface area contributed by atoms with Gasteiger partial charge in [-0.05, 0) is 38.2 Å². The zero-order valence-corrected chi connectivity index (χ0v) is 15.1. The van der Waals surface area contributed by atoms with Crippen molar-refractivity contribution in [3.63, 3.8) is 0 Å². The van der Waals surface area contributed by atoms with Gasteiger partial charge in [0.2, 0.25) is 5.95 Å². The first-order valence-electron chi connectivity index (χ1n) is 8.28. The van der Waals surface area contributed by atoms with Gasteiger partial charge in [-0.25, -0.2) is 9.97 Å². The average molecular weight is 348 g/mol. The van der Waals surface area contributed by atoms with E-state index in [-0.39, 0.29) is 6.04 Å². The van der Waals surface area contributed by atoms with Gasteiger partial charge in [-0.15, -0.1) is 5.10 Å². The summed E-state index contributed by atoms with van der Waals surface area (Å²) < 4.78 is 7.89. The molecule has 2 aromatic heterocycles. The Morgan fingerprint density at radius 3 is 2.79 bits per heavy atom. The molecule has 0 radical (unpaired) electrons. The summed E-state index contributed by atoms with van der Waals surface area (Å²) >= 11 is 1.98. The van der Waals surface area contributed by atoms with Crippen LogP contribution >= 0.6 is 11.8 Å². The summed E-state index contributed by atoms with van der Waals surface area (Å²) in [7, 11) is 0. The summed E-state index contributed by atoms with van der Waals surface area (Å²) in [6, 6.07) is 0.879. The summed E-state index contributed by atoms with van der Waals surface area (Å²) in [6.07, 6.45) is 7.58. The number of ether oxygens (including phenoxy) is 1. The van der Waals surface area contributed by atoms with E-state index in [0.717, 1.165) is 18.4 Å². The summed E-state index contributed by atoms with van der Waals surface area (Å²) in [5, 5.41) is 9.00. The Labute approximate surface area is 146 Å². The second-order valence-electron chi connectivity index (χ2n) is 6.54. The molecular weight excluding hydrogens is 324 g/mol. The van der Waals surface area contributed by atoms with Crippen molar-refractivity contribution >= 4 is 17.7 Å². The number of nitrogens with two attached hydrogens (primary N) is 1. The van der Waals surface area contributed by atoms with Crippen molar-refractivity contribution in [2.75, 3.05) is 12.3 Å². The second-order valence-corrected chi connectivity index (χ2v) is 8.28. The maximum atomic E-state index is 5.95. The van der Waals surface area contributed by atoms with Gasteiger partial charge in [0.05, 0.1) is 0 Å². The summed E-state index contributed by atoms with van der Waals surface area (Å²) in [6.45, 7) is 7.07. The van der Waals surface area contributed by atoms with Crippen molar-refractivity contribution in [1.29, 1.82) is 0 Å². The lowest BCUT2D eigenvalue weighted by Gasteiger charge is -2.32. The lowest BCUT2D eigenvalue weighted by molar-refractivity contribution is 0.261. The standard InChI is InChI=1S/C16H24N6OS/c1-10(2)22-9-20-21-16(22)23-8-14-5-12(4-11(3)24-14)13-6-18-15(17)19-7-13/h6-7,9-12,14H,4-5,8H2,1-3H3,(H2,17,18,19)/t11?,12?,14-/m1/s1. The van der Waals surface area contributed by atoms with E-state index >= 15 is 0 Å². The molecule has 7 nitrogen and oxygen atoms in total. The van der Waals surface area contributed by atoms with Crippen LogP contribution in [-0.2, 0) is 0 Å². The highest BCUT2D eigenvalue weighted by molar-refractivity contribution is 8.00. The van der Waals surface area contributed by atoms with E-state index in [1.165, 1.54) is 0 Å². The van der Waals surface area contributed by atoms with Gasteiger partial charge in [0.25, 0.3) is 0 Å². The molecule has 0 amide bonds. The predicted octanol–water partition coefficient (Wildman–Crippen LogP) is 2.68. The normalized spacial score (nSPS) is 24.2. The minimum atomic E-state index is 0.285.